The van der Waals surface area contributed by atoms with Gasteiger partial charge in [-0.2, -0.15) is 0 Å². The van der Waals surface area contributed by atoms with Crippen LogP contribution in [-0.4, -0.2) is 4.98 Å². The summed E-state index contributed by atoms with van der Waals surface area (Å²) in [5.74, 6) is 0.232. The number of benzene rings is 2. The Kier molecular flexibility index (Phi) is 3.24. The molecule has 5 heteroatoms. The number of halogens is 2. The summed E-state index contributed by atoms with van der Waals surface area (Å²) in [5.41, 5.74) is 1.74. The topological polar surface area (TPSA) is 43.1 Å². The molecule has 0 bridgehead atoms. The number of para-hydroxylation sites is 1. The quantitative estimate of drug-likeness (QED) is 0.666. The summed E-state index contributed by atoms with van der Waals surface area (Å²) in [6.07, 6.45) is 0. The maximum absolute atomic E-state index is 12.0. The molecule has 20 heavy (non-hydrogen) atoms. The second-order valence-corrected chi connectivity index (χ2v) is 5.22. The third-order valence-corrected chi connectivity index (χ3v) is 3.77. The van der Waals surface area contributed by atoms with Gasteiger partial charge in [0.15, 0.2) is 0 Å². The standard InChI is InChI=1S/C15H9Cl2NO2/c1-8-3-2-4-10-13(8)18-14(20-15(10)19)9-5-6-11(16)12(17)7-9/h2-7H,1H3. The summed E-state index contributed by atoms with van der Waals surface area (Å²) in [4.78, 5) is 16.4. The molecule has 0 saturated carbocycles. The van der Waals surface area contributed by atoms with Gasteiger partial charge in [0.2, 0.25) is 5.89 Å². The van der Waals surface area contributed by atoms with Gasteiger partial charge in [-0.05, 0) is 36.8 Å². The van der Waals surface area contributed by atoms with Crippen LogP contribution >= 0.6 is 23.2 Å². The van der Waals surface area contributed by atoms with Gasteiger partial charge in [-0.1, -0.05) is 35.3 Å². The van der Waals surface area contributed by atoms with Crippen molar-refractivity contribution in [1.29, 1.82) is 0 Å². The van der Waals surface area contributed by atoms with Crippen molar-refractivity contribution in [1.82, 2.24) is 4.98 Å². The van der Waals surface area contributed by atoms with Crippen LogP contribution < -0.4 is 5.63 Å². The molecule has 1 heterocycles. The van der Waals surface area contributed by atoms with Crippen LogP contribution in [0.25, 0.3) is 22.4 Å². The molecule has 3 rings (SSSR count). The average Bonchev–Trinajstić information content (AvgIpc) is 2.43. The Bertz CT molecular complexity index is 871. The van der Waals surface area contributed by atoms with Gasteiger partial charge in [0, 0.05) is 5.56 Å². The van der Waals surface area contributed by atoms with Crippen molar-refractivity contribution in [3.8, 4) is 11.5 Å². The molecule has 0 atom stereocenters. The van der Waals surface area contributed by atoms with Crippen LogP contribution in [0.4, 0.5) is 0 Å². The van der Waals surface area contributed by atoms with E-state index in [2.05, 4.69) is 4.98 Å². The number of rotatable bonds is 1. The van der Waals surface area contributed by atoms with E-state index >= 15 is 0 Å². The first kappa shape index (κ1) is 13.2. The minimum absolute atomic E-state index is 0.232. The Hall–Kier alpha value is -1.84. The van der Waals surface area contributed by atoms with Crippen LogP contribution in [0.2, 0.25) is 10.0 Å². The molecular formula is C15H9Cl2NO2. The van der Waals surface area contributed by atoms with Crippen molar-refractivity contribution in [3.63, 3.8) is 0 Å². The molecule has 0 unspecified atom stereocenters. The molecule has 0 aliphatic carbocycles. The summed E-state index contributed by atoms with van der Waals surface area (Å²) < 4.78 is 5.26. The van der Waals surface area contributed by atoms with Gasteiger partial charge in [0.25, 0.3) is 0 Å². The van der Waals surface area contributed by atoms with Crippen LogP contribution in [0.3, 0.4) is 0 Å². The molecule has 0 aliphatic rings. The Morgan fingerprint density at radius 1 is 1.10 bits per heavy atom. The zero-order chi connectivity index (χ0) is 14.3. The largest absolute Gasteiger partial charge is 0.403 e. The molecule has 0 fully saturated rings. The molecule has 0 spiro atoms. The van der Waals surface area contributed by atoms with Gasteiger partial charge < -0.3 is 4.42 Å². The third kappa shape index (κ3) is 2.19. The summed E-state index contributed by atoms with van der Waals surface area (Å²) in [5, 5.41) is 1.29. The van der Waals surface area contributed by atoms with E-state index in [4.69, 9.17) is 27.6 Å². The molecular weight excluding hydrogens is 297 g/mol. The lowest BCUT2D eigenvalue weighted by atomic mass is 10.1. The van der Waals surface area contributed by atoms with Crippen LogP contribution in [0.1, 0.15) is 5.56 Å². The fourth-order valence-electron chi connectivity index (χ4n) is 1.99. The van der Waals surface area contributed by atoms with Gasteiger partial charge >= 0.3 is 5.63 Å². The van der Waals surface area contributed by atoms with E-state index in [1.165, 1.54) is 0 Å². The number of hydrogen-bond acceptors (Lipinski definition) is 3. The lowest BCUT2D eigenvalue weighted by molar-refractivity contribution is 0.518. The Morgan fingerprint density at radius 3 is 2.65 bits per heavy atom. The van der Waals surface area contributed by atoms with Crippen molar-refractivity contribution in [2.45, 2.75) is 6.92 Å². The van der Waals surface area contributed by atoms with Gasteiger partial charge in [0.05, 0.1) is 20.9 Å². The lowest BCUT2D eigenvalue weighted by Crippen LogP contribution is -2.03. The van der Waals surface area contributed by atoms with Gasteiger partial charge in [0.1, 0.15) is 0 Å². The van der Waals surface area contributed by atoms with Crippen LogP contribution in [-0.2, 0) is 0 Å². The number of aromatic nitrogens is 1. The average molecular weight is 306 g/mol. The van der Waals surface area contributed by atoms with Gasteiger partial charge in [-0.15, -0.1) is 0 Å². The van der Waals surface area contributed by atoms with Crippen LogP contribution in [0, 0.1) is 6.92 Å². The lowest BCUT2D eigenvalue weighted by Gasteiger charge is -2.04. The first-order valence-corrected chi connectivity index (χ1v) is 6.68. The Morgan fingerprint density at radius 2 is 1.90 bits per heavy atom. The highest BCUT2D eigenvalue weighted by Gasteiger charge is 2.11. The number of hydrogen-bond donors (Lipinski definition) is 0. The minimum Gasteiger partial charge on any atom is -0.403 e. The minimum atomic E-state index is -0.417. The molecule has 3 aromatic rings. The number of nitrogens with zero attached hydrogens (tertiary/aromatic N) is 1. The molecule has 0 amide bonds. The third-order valence-electron chi connectivity index (χ3n) is 3.03. The zero-order valence-electron chi connectivity index (χ0n) is 10.5. The predicted molar refractivity (Wildman–Crippen MR) is 80.5 cm³/mol. The monoisotopic (exact) mass is 305 g/mol. The van der Waals surface area contributed by atoms with Crippen LogP contribution in [0.15, 0.2) is 45.6 Å². The van der Waals surface area contributed by atoms with E-state index < -0.39 is 5.63 Å². The van der Waals surface area contributed by atoms with E-state index in [1.807, 2.05) is 13.0 Å². The highest BCUT2D eigenvalue weighted by molar-refractivity contribution is 6.42. The molecule has 2 aromatic carbocycles. The fraction of sp³-hybridized carbons (Fsp3) is 0.0667. The SMILES string of the molecule is Cc1cccc2c(=O)oc(-c3ccc(Cl)c(Cl)c3)nc12. The van der Waals surface area contributed by atoms with Crippen molar-refractivity contribution < 1.29 is 4.42 Å². The maximum Gasteiger partial charge on any atom is 0.347 e. The molecule has 0 aliphatic heterocycles. The zero-order valence-corrected chi connectivity index (χ0v) is 12.0. The van der Waals surface area contributed by atoms with Crippen molar-refractivity contribution >= 4 is 34.1 Å². The molecule has 0 saturated heterocycles. The first-order valence-electron chi connectivity index (χ1n) is 5.92. The Labute approximate surface area is 124 Å². The van der Waals surface area contributed by atoms with E-state index in [9.17, 15) is 4.79 Å². The van der Waals surface area contributed by atoms with E-state index in [1.54, 1.807) is 30.3 Å². The predicted octanol–water partition coefficient (Wildman–Crippen LogP) is 4.47. The van der Waals surface area contributed by atoms with Crippen LogP contribution in [0.5, 0.6) is 0 Å². The van der Waals surface area contributed by atoms with Crippen molar-refractivity contribution in [2.24, 2.45) is 0 Å². The molecule has 0 radical (unpaired) electrons. The van der Waals surface area contributed by atoms with Crippen molar-refractivity contribution in [3.05, 3.63) is 62.4 Å². The summed E-state index contributed by atoms with van der Waals surface area (Å²) in [7, 11) is 0. The fourth-order valence-corrected chi connectivity index (χ4v) is 2.29. The first-order chi connectivity index (χ1) is 9.56. The van der Waals surface area contributed by atoms with E-state index in [-0.39, 0.29) is 5.89 Å². The smallest absolute Gasteiger partial charge is 0.347 e. The normalized spacial score (nSPS) is 10.9. The van der Waals surface area contributed by atoms with Gasteiger partial charge in [-0.3, -0.25) is 0 Å². The maximum atomic E-state index is 12.0. The number of fused-ring (bicyclic) bond motifs is 1. The molecule has 100 valence electrons. The van der Waals surface area contributed by atoms with E-state index in [0.717, 1.165) is 5.56 Å². The summed E-state index contributed by atoms with van der Waals surface area (Å²) in [6.45, 7) is 1.90. The van der Waals surface area contributed by atoms with Crippen molar-refractivity contribution in [2.75, 3.05) is 0 Å². The van der Waals surface area contributed by atoms with Gasteiger partial charge in [-0.25, -0.2) is 9.78 Å². The second kappa shape index (κ2) is 4.93. The number of aryl methyl sites for hydroxylation is 1. The highest BCUT2D eigenvalue weighted by Crippen LogP contribution is 2.28. The molecule has 1 aromatic heterocycles. The molecule has 0 N–H and O–H groups in total. The summed E-state index contributed by atoms with van der Waals surface area (Å²) in [6, 6.07) is 10.4. The molecule has 3 nitrogen and oxygen atoms in total. The highest BCUT2D eigenvalue weighted by atomic mass is 35.5. The summed E-state index contributed by atoms with van der Waals surface area (Å²) >= 11 is 11.8. The van der Waals surface area contributed by atoms with E-state index in [0.29, 0.717) is 26.5 Å². The Balaban J connectivity index is 2.29. The second-order valence-electron chi connectivity index (χ2n) is 4.41.